The number of ether oxygens (including phenoxy) is 1. The van der Waals surface area contributed by atoms with Gasteiger partial charge in [0.25, 0.3) is 0 Å². The first-order valence-corrected chi connectivity index (χ1v) is 8.76. The van der Waals surface area contributed by atoms with E-state index in [2.05, 4.69) is 10.6 Å². The van der Waals surface area contributed by atoms with Gasteiger partial charge in [-0.2, -0.15) is 0 Å². The molecule has 0 saturated carbocycles. The largest absolute Gasteiger partial charge is 0.444 e. The summed E-state index contributed by atoms with van der Waals surface area (Å²) >= 11 is 5.40. The van der Waals surface area contributed by atoms with Crippen molar-refractivity contribution in [2.24, 2.45) is 0 Å². The Bertz CT molecular complexity index is 590. The van der Waals surface area contributed by atoms with Crippen molar-refractivity contribution in [2.75, 3.05) is 18.4 Å². The third kappa shape index (κ3) is 5.67. The molecule has 6 heteroatoms. The van der Waals surface area contributed by atoms with Gasteiger partial charge >= 0.3 is 6.09 Å². The smallest absolute Gasteiger partial charge is 0.410 e. The van der Waals surface area contributed by atoms with Crippen LogP contribution in [0.3, 0.4) is 0 Å². The van der Waals surface area contributed by atoms with E-state index in [4.69, 9.17) is 17.0 Å². The Kier molecular flexibility index (Phi) is 6.04. The van der Waals surface area contributed by atoms with Crippen molar-refractivity contribution in [3.05, 3.63) is 29.8 Å². The van der Waals surface area contributed by atoms with Crippen molar-refractivity contribution in [1.29, 1.82) is 0 Å². The van der Waals surface area contributed by atoms with Crippen LogP contribution < -0.4 is 10.6 Å². The van der Waals surface area contributed by atoms with E-state index < -0.39 is 5.60 Å². The van der Waals surface area contributed by atoms with Crippen LogP contribution in [-0.2, 0) is 4.74 Å². The first-order chi connectivity index (χ1) is 11.2. The van der Waals surface area contributed by atoms with Crippen LogP contribution in [0.25, 0.3) is 0 Å². The molecule has 0 aliphatic carbocycles. The van der Waals surface area contributed by atoms with Crippen molar-refractivity contribution < 1.29 is 9.53 Å². The van der Waals surface area contributed by atoms with Crippen molar-refractivity contribution in [3.8, 4) is 0 Å². The van der Waals surface area contributed by atoms with Gasteiger partial charge in [-0.25, -0.2) is 4.79 Å². The summed E-state index contributed by atoms with van der Waals surface area (Å²) in [5.41, 5.74) is 1.72. The Morgan fingerprint density at radius 3 is 2.46 bits per heavy atom. The Labute approximate surface area is 149 Å². The van der Waals surface area contributed by atoms with E-state index in [-0.39, 0.29) is 12.1 Å². The number of benzene rings is 1. The second-order valence-electron chi connectivity index (χ2n) is 7.16. The maximum Gasteiger partial charge on any atom is 0.410 e. The van der Waals surface area contributed by atoms with Gasteiger partial charge in [0.05, 0.1) is 0 Å². The van der Waals surface area contributed by atoms with Gasteiger partial charge in [0.2, 0.25) is 0 Å². The highest BCUT2D eigenvalue weighted by atomic mass is 32.1. The van der Waals surface area contributed by atoms with E-state index in [0.29, 0.717) is 18.2 Å². The quantitative estimate of drug-likeness (QED) is 0.798. The van der Waals surface area contributed by atoms with E-state index in [0.717, 1.165) is 24.1 Å². The van der Waals surface area contributed by atoms with Gasteiger partial charge in [0.1, 0.15) is 5.60 Å². The summed E-state index contributed by atoms with van der Waals surface area (Å²) in [4.78, 5) is 13.8. The highest BCUT2D eigenvalue weighted by Crippen LogP contribution is 2.16. The molecule has 1 amide bonds. The highest BCUT2D eigenvalue weighted by Gasteiger charge is 2.27. The van der Waals surface area contributed by atoms with Crippen LogP contribution in [0.2, 0.25) is 0 Å². The second-order valence-corrected chi connectivity index (χ2v) is 7.56. The van der Waals surface area contributed by atoms with Gasteiger partial charge in [-0.1, -0.05) is 18.2 Å². The number of amides is 1. The lowest BCUT2D eigenvalue weighted by Gasteiger charge is -2.34. The number of hydrogen-bond acceptors (Lipinski definition) is 3. The number of carbonyl (C=O) groups excluding carboxylic acids is 1. The highest BCUT2D eigenvalue weighted by molar-refractivity contribution is 7.80. The molecule has 0 spiro atoms. The average molecular weight is 350 g/mol. The lowest BCUT2D eigenvalue weighted by molar-refractivity contribution is 0.0203. The van der Waals surface area contributed by atoms with Crippen LogP contribution in [0.1, 0.15) is 39.2 Å². The zero-order valence-electron chi connectivity index (χ0n) is 14.9. The minimum atomic E-state index is -0.453. The number of hydrogen-bond donors (Lipinski definition) is 2. The van der Waals surface area contributed by atoms with Crippen molar-refractivity contribution in [1.82, 2.24) is 10.2 Å². The Balaban J connectivity index is 1.77. The van der Waals surface area contributed by atoms with Crippen molar-refractivity contribution in [3.63, 3.8) is 0 Å². The number of carbonyl (C=O) groups is 1. The third-order valence-corrected chi connectivity index (χ3v) is 4.10. The predicted molar refractivity (Wildman–Crippen MR) is 101 cm³/mol. The average Bonchev–Trinajstić information content (AvgIpc) is 2.48. The summed E-state index contributed by atoms with van der Waals surface area (Å²) < 4.78 is 5.41. The van der Waals surface area contributed by atoms with E-state index in [9.17, 15) is 4.79 Å². The summed E-state index contributed by atoms with van der Waals surface area (Å²) in [6.07, 6.45) is 1.48. The molecule has 1 aliphatic heterocycles. The fraction of sp³-hybridized carbons (Fsp3) is 0.556. The number of aryl methyl sites for hydroxylation is 1. The molecule has 2 rings (SSSR count). The molecule has 1 saturated heterocycles. The van der Waals surface area contributed by atoms with Crippen LogP contribution in [0, 0.1) is 6.92 Å². The molecule has 0 bridgehead atoms. The normalized spacial score (nSPS) is 15.8. The van der Waals surface area contributed by atoms with Crippen LogP contribution >= 0.6 is 12.2 Å². The van der Waals surface area contributed by atoms with Crippen LogP contribution in [-0.4, -0.2) is 40.8 Å². The number of nitrogens with zero attached hydrogens (tertiary/aromatic N) is 1. The van der Waals surface area contributed by atoms with Gasteiger partial charge in [-0.15, -0.1) is 0 Å². The molecule has 1 aliphatic rings. The van der Waals surface area contributed by atoms with E-state index in [1.54, 1.807) is 4.90 Å². The molecular formula is C18H27N3O2S. The molecule has 0 atom stereocenters. The number of rotatable bonds is 2. The number of anilines is 1. The van der Waals surface area contributed by atoms with Gasteiger partial charge in [0.15, 0.2) is 5.11 Å². The summed E-state index contributed by atoms with van der Waals surface area (Å²) in [5, 5.41) is 7.21. The van der Waals surface area contributed by atoms with Crippen LogP contribution in [0.15, 0.2) is 24.3 Å². The SMILES string of the molecule is Cc1ccccc1NC(=S)NC1CCN(C(=O)OC(C)(C)C)CC1. The molecule has 1 aromatic carbocycles. The lowest BCUT2D eigenvalue weighted by Crippen LogP contribution is -2.48. The summed E-state index contributed by atoms with van der Waals surface area (Å²) in [6.45, 7) is 9.06. The number of para-hydroxylation sites is 1. The minimum Gasteiger partial charge on any atom is -0.444 e. The molecule has 1 fully saturated rings. The summed E-state index contributed by atoms with van der Waals surface area (Å²) in [6, 6.07) is 8.31. The van der Waals surface area contributed by atoms with Crippen LogP contribution in [0.5, 0.6) is 0 Å². The van der Waals surface area contributed by atoms with Crippen molar-refractivity contribution >= 4 is 29.1 Å². The molecule has 2 N–H and O–H groups in total. The molecule has 0 unspecified atom stereocenters. The minimum absolute atomic E-state index is 0.235. The van der Waals surface area contributed by atoms with E-state index >= 15 is 0 Å². The topological polar surface area (TPSA) is 53.6 Å². The Morgan fingerprint density at radius 2 is 1.88 bits per heavy atom. The zero-order valence-corrected chi connectivity index (χ0v) is 15.7. The molecule has 1 aromatic rings. The molecule has 5 nitrogen and oxygen atoms in total. The third-order valence-electron chi connectivity index (χ3n) is 3.88. The number of piperidine rings is 1. The summed E-state index contributed by atoms with van der Waals surface area (Å²) in [7, 11) is 0. The molecule has 24 heavy (non-hydrogen) atoms. The standard InChI is InChI=1S/C18H27N3O2S/c1-13-7-5-6-8-15(13)20-16(24)19-14-9-11-21(12-10-14)17(22)23-18(2,3)4/h5-8,14H,9-12H2,1-4H3,(H2,19,20,24). The van der Waals surface area contributed by atoms with Gasteiger partial charge in [0, 0.05) is 24.8 Å². The maximum absolute atomic E-state index is 12.1. The fourth-order valence-corrected chi connectivity index (χ4v) is 2.87. The summed E-state index contributed by atoms with van der Waals surface area (Å²) in [5.74, 6) is 0. The Morgan fingerprint density at radius 1 is 1.25 bits per heavy atom. The first kappa shape index (κ1) is 18.5. The lowest BCUT2D eigenvalue weighted by atomic mass is 10.1. The van der Waals surface area contributed by atoms with Crippen LogP contribution in [0.4, 0.5) is 10.5 Å². The molecule has 0 radical (unpaired) electrons. The second kappa shape index (κ2) is 7.83. The predicted octanol–water partition coefficient (Wildman–Crippen LogP) is 3.68. The number of thiocarbonyl (C=S) groups is 1. The number of likely N-dealkylation sites (tertiary alicyclic amines) is 1. The monoisotopic (exact) mass is 349 g/mol. The molecule has 132 valence electrons. The van der Waals surface area contributed by atoms with Crippen molar-refractivity contribution in [2.45, 2.75) is 52.2 Å². The maximum atomic E-state index is 12.1. The Hall–Kier alpha value is -1.82. The molecule has 1 heterocycles. The zero-order chi connectivity index (χ0) is 17.7. The van der Waals surface area contributed by atoms with E-state index in [1.807, 2.05) is 52.0 Å². The molecular weight excluding hydrogens is 322 g/mol. The number of nitrogens with one attached hydrogen (secondary N) is 2. The molecule has 0 aromatic heterocycles. The fourth-order valence-electron chi connectivity index (χ4n) is 2.59. The van der Waals surface area contributed by atoms with Gasteiger partial charge in [-0.3, -0.25) is 0 Å². The first-order valence-electron chi connectivity index (χ1n) is 8.36. The van der Waals surface area contributed by atoms with Gasteiger partial charge in [-0.05, 0) is 64.4 Å². The van der Waals surface area contributed by atoms with E-state index in [1.165, 1.54) is 0 Å². The van der Waals surface area contributed by atoms with Gasteiger partial charge < -0.3 is 20.3 Å².